The zero-order valence-corrected chi connectivity index (χ0v) is 8.29. The van der Waals surface area contributed by atoms with Crippen molar-refractivity contribution in [3.05, 3.63) is 29.6 Å². The van der Waals surface area contributed by atoms with Crippen LogP contribution in [0, 0.1) is 12.7 Å². The number of carbonyl (C=O) groups excluding carboxylic acids is 1. The lowest BCUT2D eigenvalue weighted by molar-refractivity contribution is 0.131. The van der Waals surface area contributed by atoms with Crippen LogP contribution in [0.15, 0.2) is 18.2 Å². The van der Waals surface area contributed by atoms with Gasteiger partial charge in [0, 0.05) is 0 Å². The fraction of sp³-hybridized carbons (Fsp3) is 0.300. The van der Waals surface area contributed by atoms with Crippen molar-refractivity contribution in [2.45, 2.75) is 6.92 Å². The number of aryl methyl sites for hydroxylation is 1. The van der Waals surface area contributed by atoms with Gasteiger partial charge in [0.05, 0.1) is 12.3 Å². The molecule has 1 aromatic carbocycles. The third kappa shape index (κ3) is 3.55. The number of hydrogen-bond donors (Lipinski definition) is 2. The van der Waals surface area contributed by atoms with E-state index in [0.717, 1.165) is 5.56 Å². The van der Waals surface area contributed by atoms with Crippen molar-refractivity contribution in [1.29, 1.82) is 0 Å². The van der Waals surface area contributed by atoms with Crippen LogP contribution in [0.5, 0.6) is 0 Å². The molecule has 0 atom stereocenters. The number of carbonyl (C=O) groups is 1. The SMILES string of the molecule is Cc1ccc(F)c(NC(=O)OCCO)c1. The summed E-state index contributed by atoms with van der Waals surface area (Å²) in [7, 11) is 0. The Morgan fingerprint density at radius 1 is 1.60 bits per heavy atom. The number of aliphatic hydroxyl groups is 1. The van der Waals surface area contributed by atoms with Crippen LogP contribution in [0.1, 0.15) is 5.56 Å². The van der Waals surface area contributed by atoms with Crippen LogP contribution in [-0.2, 0) is 4.74 Å². The van der Waals surface area contributed by atoms with Crippen molar-refractivity contribution in [2.75, 3.05) is 18.5 Å². The van der Waals surface area contributed by atoms with Crippen molar-refractivity contribution in [1.82, 2.24) is 0 Å². The van der Waals surface area contributed by atoms with Crippen LogP contribution in [0.2, 0.25) is 0 Å². The maximum absolute atomic E-state index is 13.1. The number of hydrogen-bond acceptors (Lipinski definition) is 3. The number of halogens is 1. The Morgan fingerprint density at radius 3 is 3.00 bits per heavy atom. The molecule has 82 valence electrons. The van der Waals surface area contributed by atoms with Crippen LogP contribution in [0.4, 0.5) is 14.9 Å². The molecular weight excluding hydrogens is 201 g/mol. The fourth-order valence-corrected chi connectivity index (χ4v) is 1.02. The molecule has 1 amide bonds. The second-order valence-corrected chi connectivity index (χ2v) is 2.97. The first-order valence-corrected chi connectivity index (χ1v) is 4.44. The Bertz CT molecular complexity index is 355. The average Bonchev–Trinajstić information content (AvgIpc) is 2.20. The first-order valence-electron chi connectivity index (χ1n) is 4.44. The van der Waals surface area contributed by atoms with E-state index in [2.05, 4.69) is 10.1 Å². The monoisotopic (exact) mass is 213 g/mol. The summed E-state index contributed by atoms with van der Waals surface area (Å²) in [6, 6.07) is 4.35. The highest BCUT2D eigenvalue weighted by molar-refractivity contribution is 5.84. The molecule has 1 aromatic rings. The average molecular weight is 213 g/mol. The van der Waals surface area contributed by atoms with E-state index in [0.29, 0.717) is 0 Å². The molecule has 0 saturated carbocycles. The van der Waals surface area contributed by atoms with Crippen LogP contribution < -0.4 is 5.32 Å². The van der Waals surface area contributed by atoms with Crippen molar-refractivity contribution in [3.63, 3.8) is 0 Å². The van der Waals surface area contributed by atoms with E-state index in [9.17, 15) is 9.18 Å². The smallest absolute Gasteiger partial charge is 0.411 e. The number of aliphatic hydroxyl groups excluding tert-OH is 1. The molecule has 15 heavy (non-hydrogen) atoms. The van der Waals surface area contributed by atoms with E-state index in [1.165, 1.54) is 12.1 Å². The summed E-state index contributed by atoms with van der Waals surface area (Å²) < 4.78 is 17.7. The highest BCUT2D eigenvalue weighted by Gasteiger charge is 2.07. The Balaban J connectivity index is 2.63. The molecule has 0 heterocycles. The molecule has 0 saturated heterocycles. The molecule has 0 radical (unpaired) electrons. The summed E-state index contributed by atoms with van der Waals surface area (Å²) in [5.74, 6) is -0.526. The molecule has 0 unspecified atom stereocenters. The number of rotatable bonds is 3. The zero-order valence-electron chi connectivity index (χ0n) is 8.29. The maximum Gasteiger partial charge on any atom is 0.411 e. The van der Waals surface area contributed by atoms with Crippen LogP contribution in [0.25, 0.3) is 0 Å². The summed E-state index contributed by atoms with van der Waals surface area (Å²) >= 11 is 0. The lowest BCUT2D eigenvalue weighted by atomic mass is 10.2. The van der Waals surface area contributed by atoms with Crippen molar-refractivity contribution >= 4 is 11.8 Å². The number of amides is 1. The van der Waals surface area contributed by atoms with Crippen molar-refractivity contribution in [3.8, 4) is 0 Å². The standard InChI is InChI=1S/C10H12FNO3/c1-7-2-3-8(11)9(6-7)12-10(14)15-5-4-13/h2-3,6,13H,4-5H2,1H3,(H,12,14). The van der Waals surface area contributed by atoms with Gasteiger partial charge in [0.2, 0.25) is 0 Å². The van der Waals surface area contributed by atoms with Crippen LogP contribution in [-0.4, -0.2) is 24.4 Å². The Labute approximate surface area is 86.7 Å². The molecule has 0 aliphatic carbocycles. The van der Waals surface area contributed by atoms with E-state index >= 15 is 0 Å². The van der Waals surface area contributed by atoms with E-state index in [4.69, 9.17) is 5.11 Å². The van der Waals surface area contributed by atoms with Gasteiger partial charge >= 0.3 is 6.09 Å². The third-order valence-electron chi connectivity index (χ3n) is 1.68. The number of benzene rings is 1. The molecule has 2 N–H and O–H groups in total. The van der Waals surface area contributed by atoms with Gasteiger partial charge in [0.25, 0.3) is 0 Å². The predicted octanol–water partition coefficient (Wildman–Crippen LogP) is 1.67. The summed E-state index contributed by atoms with van der Waals surface area (Å²) in [4.78, 5) is 11.0. The fourth-order valence-electron chi connectivity index (χ4n) is 1.02. The van der Waals surface area contributed by atoms with Gasteiger partial charge in [-0.3, -0.25) is 5.32 Å². The molecule has 0 aromatic heterocycles. The highest BCUT2D eigenvalue weighted by Crippen LogP contribution is 2.15. The quantitative estimate of drug-likeness (QED) is 0.803. The lowest BCUT2D eigenvalue weighted by Gasteiger charge is -2.07. The third-order valence-corrected chi connectivity index (χ3v) is 1.68. The molecule has 0 fully saturated rings. The largest absolute Gasteiger partial charge is 0.447 e. The molecule has 5 heteroatoms. The lowest BCUT2D eigenvalue weighted by Crippen LogP contribution is -2.16. The molecule has 0 aliphatic rings. The summed E-state index contributed by atoms with van der Waals surface area (Å²) in [6.45, 7) is 1.41. The normalized spacial score (nSPS) is 9.80. The predicted molar refractivity (Wildman–Crippen MR) is 53.2 cm³/mol. The summed E-state index contributed by atoms with van der Waals surface area (Å²) in [5.41, 5.74) is 0.895. The second kappa shape index (κ2) is 5.31. The van der Waals surface area contributed by atoms with Gasteiger partial charge < -0.3 is 9.84 Å². The minimum atomic E-state index is -0.784. The van der Waals surface area contributed by atoms with Crippen molar-refractivity contribution < 1.29 is 19.0 Å². The topological polar surface area (TPSA) is 58.6 Å². The maximum atomic E-state index is 13.1. The van der Waals surface area contributed by atoms with Crippen molar-refractivity contribution in [2.24, 2.45) is 0 Å². The Morgan fingerprint density at radius 2 is 2.33 bits per heavy atom. The van der Waals surface area contributed by atoms with E-state index in [-0.39, 0.29) is 18.9 Å². The zero-order chi connectivity index (χ0) is 11.3. The molecular formula is C10H12FNO3. The number of nitrogens with one attached hydrogen (secondary N) is 1. The van der Waals surface area contributed by atoms with E-state index in [1.54, 1.807) is 13.0 Å². The van der Waals surface area contributed by atoms with Gasteiger partial charge in [-0.2, -0.15) is 0 Å². The first kappa shape index (κ1) is 11.5. The van der Waals surface area contributed by atoms with Gasteiger partial charge in [0.15, 0.2) is 0 Å². The Hall–Kier alpha value is -1.62. The molecule has 1 rings (SSSR count). The van der Waals surface area contributed by atoms with Gasteiger partial charge in [-0.25, -0.2) is 9.18 Å². The van der Waals surface area contributed by atoms with Gasteiger partial charge in [-0.15, -0.1) is 0 Å². The molecule has 0 bridgehead atoms. The van der Waals surface area contributed by atoms with E-state index < -0.39 is 11.9 Å². The van der Waals surface area contributed by atoms with Crippen LogP contribution in [0.3, 0.4) is 0 Å². The number of anilines is 1. The van der Waals surface area contributed by atoms with Gasteiger partial charge in [-0.1, -0.05) is 6.07 Å². The Kier molecular flexibility index (Phi) is 4.05. The molecule has 0 aliphatic heterocycles. The molecule has 4 nitrogen and oxygen atoms in total. The minimum absolute atomic E-state index is 0.0675. The minimum Gasteiger partial charge on any atom is -0.447 e. The van der Waals surface area contributed by atoms with E-state index in [1.807, 2.05) is 0 Å². The highest BCUT2D eigenvalue weighted by atomic mass is 19.1. The molecule has 0 spiro atoms. The number of ether oxygens (including phenoxy) is 1. The second-order valence-electron chi connectivity index (χ2n) is 2.97. The first-order chi connectivity index (χ1) is 7.13. The summed E-state index contributed by atoms with van der Waals surface area (Å²) in [6.07, 6.45) is -0.784. The van der Waals surface area contributed by atoms with Gasteiger partial charge in [-0.05, 0) is 24.6 Å². The van der Waals surface area contributed by atoms with Crippen LogP contribution >= 0.6 is 0 Å². The van der Waals surface area contributed by atoms with Gasteiger partial charge in [0.1, 0.15) is 12.4 Å². The summed E-state index contributed by atoms with van der Waals surface area (Å²) in [5, 5.41) is 10.6.